The van der Waals surface area contributed by atoms with E-state index in [1.54, 1.807) is 11.6 Å². The largest absolute Gasteiger partial charge is 0.375 e. The number of ether oxygens (including phenoxy) is 1. The highest BCUT2D eigenvalue weighted by molar-refractivity contribution is 5.84. The van der Waals surface area contributed by atoms with Crippen molar-refractivity contribution in [3.8, 4) is 0 Å². The van der Waals surface area contributed by atoms with E-state index >= 15 is 0 Å². The Morgan fingerprint density at radius 3 is 2.88 bits per heavy atom. The molecule has 7 nitrogen and oxygen atoms in total. The summed E-state index contributed by atoms with van der Waals surface area (Å²) in [6, 6.07) is 8.59. The first-order chi connectivity index (χ1) is 12.7. The van der Waals surface area contributed by atoms with Crippen molar-refractivity contribution < 1.29 is 9.53 Å². The molecule has 1 aliphatic rings. The van der Waals surface area contributed by atoms with Gasteiger partial charge in [0.15, 0.2) is 5.65 Å². The van der Waals surface area contributed by atoms with Crippen molar-refractivity contribution in [2.45, 2.75) is 45.2 Å². The molecule has 7 heteroatoms. The van der Waals surface area contributed by atoms with Gasteiger partial charge in [0.05, 0.1) is 5.52 Å². The second kappa shape index (κ2) is 6.99. The van der Waals surface area contributed by atoms with Crippen molar-refractivity contribution in [1.29, 1.82) is 0 Å². The monoisotopic (exact) mass is 353 g/mol. The first kappa shape index (κ1) is 16.9. The molecule has 1 fully saturated rings. The molecule has 1 aliphatic carbocycles. The fourth-order valence-corrected chi connectivity index (χ4v) is 3.90. The number of fused-ring (bicyclic) bond motifs is 3. The Kier molecular flexibility index (Phi) is 4.55. The second-order valence-electron chi connectivity index (χ2n) is 7.04. The molecule has 0 radical (unpaired) electrons. The molecule has 2 heterocycles. The van der Waals surface area contributed by atoms with Crippen LogP contribution in [0, 0.1) is 6.92 Å². The lowest BCUT2D eigenvalue weighted by Crippen LogP contribution is -2.40. The molecule has 0 unspecified atom stereocenters. The van der Waals surface area contributed by atoms with E-state index in [1.807, 2.05) is 4.90 Å². The quantitative estimate of drug-likeness (QED) is 0.705. The topological polar surface area (TPSA) is 72.6 Å². The van der Waals surface area contributed by atoms with Crippen LogP contribution in [0.15, 0.2) is 24.3 Å². The van der Waals surface area contributed by atoms with E-state index in [1.165, 1.54) is 12.8 Å². The van der Waals surface area contributed by atoms with E-state index in [2.05, 4.69) is 46.7 Å². The van der Waals surface area contributed by atoms with E-state index in [-0.39, 0.29) is 18.6 Å². The van der Waals surface area contributed by atoms with Crippen molar-refractivity contribution in [1.82, 2.24) is 24.9 Å². The van der Waals surface area contributed by atoms with Gasteiger partial charge in [-0.1, -0.05) is 25.0 Å². The number of tetrazole rings is 1. The van der Waals surface area contributed by atoms with Crippen molar-refractivity contribution in [2.75, 3.05) is 13.7 Å². The van der Waals surface area contributed by atoms with Gasteiger partial charge in [0.2, 0.25) is 5.91 Å². The van der Waals surface area contributed by atoms with Crippen LogP contribution in [0.4, 0.5) is 0 Å². The van der Waals surface area contributed by atoms with Crippen molar-refractivity contribution in [3.05, 3.63) is 35.4 Å². The number of methoxy groups -OCH3 is 1. The number of benzene rings is 1. The Balaban J connectivity index is 1.77. The first-order valence-corrected chi connectivity index (χ1v) is 9.06. The Morgan fingerprint density at radius 1 is 1.31 bits per heavy atom. The predicted octanol–water partition coefficient (Wildman–Crippen LogP) is 2.50. The highest BCUT2D eigenvalue weighted by atomic mass is 16.5. The number of nitrogens with zero attached hydrogens (tertiary/aromatic N) is 5. The van der Waals surface area contributed by atoms with E-state index in [0.717, 1.165) is 34.9 Å². The van der Waals surface area contributed by atoms with Crippen LogP contribution < -0.4 is 0 Å². The number of aromatic nitrogens is 4. The van der Waals surface area contributed by atoms with E-state index in [4.69, 9.17) is 4.74 Å². The maximum atomic E-state index is 12.7. The minimum absolute atomic E-state index is 0.0222. The van der Waals surface area contributed by atoms with Gasteiger partial charge in [0, 0.05) is 30.6 Å². The molecular formula is C19H23N5O2. The van der Waals surface area contributed by atoms with Crippen molar-refractivity contribution in [3.63, 3.8) is 0 Å². The van der Waals surface area contributed by atoms with Gasteiger partial charge < -0.3 is 9.64 Å². The number of hydrogen-bond acceptors (Lipinski definition) is 5. The summed E-state index contributed by atoms with van der Waals surface area (Å²) in [7, 11) is 1.56. The lowest BCUT2D eigenvalue weighted by atomic mass is 10.1. The summed E-state index contributed by atoms with van der Waals surface area (Å²) >= 11 is 0. The molecule has 1 aromatic carbocycles. The highest BCUT2D eigenvalue weighted by Gasteiger charge is 2.27. The zero-order chi connectivity index (χ0) is 18.1. The first-order valence-electron chi connectivity index (χ1n) is 9.06. The zero-order valence-corrected chi connectivity index (χ0v) is 15.2. The Hall–Kier alpha value is -2.54. The predicted molar refractivity (Wildman–Crippen MR) is 97.7 cm³/mol. The summed E-state index contributed by atoms with van der Waals surface area (Å²) in [5, 5.41) is 13.3. The van der Waals surface area contributed by atoms with Gasteiger partial charge >= 0.3 is 0 Å². The van der Waals surface area contributed by atoms with Crippen LogP contribution >= 0.6 is 0 Å². The van der Waals surface area contributed by atoms with Gasteiger partial charge in [-0.15, -0.1) is 5.10 Å². The van der Waals surface area contributed by atoms with Gasteiger partial charge in [-0.25, -0.2) is 0 Å². The second-order valence-corrected chi connectivity index (χ2v) is 7.04. The Bertz CT molecular complexity index is 946. The SMILES string of the molecule is COCC(=O)N(Cc1cc2ccc(C)cc2n2nnnc12)C1CCCC1. The summed E-state index contributed by atoms with van der Waals surface area (Å²) < 4.78 is 6.87. The summed E-state index contributed by atoms with van der Waals surface area (Å²) in [4.78, 5) is 14.6. The zero-order valence-electron chi connectivity index (χ0n) is 15.2. The molecule has 1 saturated carbocycles. The summed E-state index contributed by atoms with van der Waals surface area (Å²) in [6.45, 7) is 2.65. The third-order valence-electron chi connectivity index (χ3n) is 5.19. The van der Waals surface area contributed by atoms with Gasteiger partial charge in [0.1, 0.15) is 6.61 Å². The van der Waals surface area contributed by atoms with Crippen molar-refractivity contribution in [2.24, 2.45) is 0 Å². The van der Waals surface area contributed by atoms with E-state index < -0.39 is 0 Å². The fourth-order valence-electron chi connectivity index (χ4n) is 3.90. The third-order valence-corrected chi connectivity index (χ3v) is 5.19. The molecule has 4 rings (SSSR count). The van der Waals surface area contributed by atoms with Gasteiger partial charge in [-0.2, -0.15) is 4.52 Å². The van der Waals surface area contributed by atoms with Crippen LogP contribution in [0.3, 0.4) is 0 Å². The minimum Gasteiger partial charge on any atom is -0.375 e. The van der Waals surface area contributed by atoms with Gasteiger partial charge in [-0.05, 0) is 47.9 Å². The number of amides is 1. The van der Waals surface area contributed by atoms with Crippen LogP contribution in [0.5, 0.6) is 0 Å². The highest BCUT2D eigenvalue weighted by Crippen LogP contribution is 2.27. The minimum atomic E-state index is 0.0222. The Labute approximate surface area is 151 Å². The van der Waals surface area contributed by atoms with E-state index in [0.29, 0.717) is 12.2 Å². The van der Waals surface area contributed by atoms with Crippen LogP contribution in [0.2, 0.25) is 0 Å². The molecule has 0 aliphatic heterocycles. The van der Waals surface area contributed by atoms with Gasteiger partial charge in [-0.3, -0.25) is 4.79 Å². The number of rotatable bonds is 5. The van der Waals surface area contributed by atoms with Crippen LogP contribution in [0.1, 0.15) is 36.8 Å². The molecule has 0 N–H and O–H groups in total. The molecule has 3 aromatic rings. The number of hydrogen-bond donors (Lipinski definition) is 0. The van der Waals surface area contributed by atoms with Crippen LogP contribution in [0.25, 0.3) is 16.6 Å². The number of carbonyl (C=O) groups is 1. The summed E-state index contributed by atoms with van der Waals surface area (Å²) in [6.07, 6.45) is 4.42. The standard InChI is InChI=1S/C19H23N5O2/c1-13-7-8-14-10-15(19-20-21-22-24(19)17(14)9-13)11-23(18(25)12-26-2)16-5-3-4-6-16/h7-10,16H,3-6,11-12H2,1-2H3. The molecule has 136 valence electrons. The number of carbonyl (C=O) groups excluding carboxylic acids is 1. The maximum absolute atomic E-state index is 12.7. The number of pyridine rings is 1. The van der Waals surface area contributed by atoms with Crippen LogP contribution in [-0.2, 0) is 16.1 Å². The molecule has 0 spiro atoms. The average Bonchev–Trinajstić information content (AvgIpc) is 3.32. The molecule has 0 bridgehead atoms. The van der Waals surface area contributed by atoms with Crippen molar-refractivity contribution >= 4 is 22.5 Å². The maximum Gasteiger partial charge on any atom is 0.249 e. The normalized spacial score (nSPS) is 15.2. The molecular weight excluding hydrogens is 330 g/mol. The molecule has 0 atom stereocenters. The van der Waals surface area contributed by atoms with Gasteiger partial charge in [0.25, 0.3) is 0 Å². The number of aryl methyl sites for hydroxylation is 1. The molecule has 1 amide bonds. The lowest BCUT2D eigenvalue weighted by Gasteiger charge is -2.29. The fraction of sp³-hybridized carbons (Fsp3) is 0.474. The average molecular weight is 353 g/mol. The van der Waals surface area contributed by atoms with E-state index in [9.17, 15) is 4.79 Å². The van der Waals surface area contributed by atoms with Crippen LogP contribution in [-0.4, -0.2) is 50.6 Å². The molecule has 26 heavy (non-hydrogen) atoms. The molecule has 2 aromatic heterocycles. The summed E-state index contributed by atoms with van der Waals surface area (Å²) in [5.74, 6) is 0.0222. The molecule has 0 saturated heterocycles. The smallest absolute Gasteiger partial charge is 0.249 e. The Morgan fingerprint density at radius 2 is 2.12 bits per heavy atom. The third kappa shape index (κ3) is 3.03. The summed E-state index contributed by atoms with van der Waals surface area (Å²) in [5.41, 5.74) is 3.80. The lowest BCUT2D eigenvalue weighted by molar-refractivity contribution is -0.138.